The summed E-state index contributed by atoms with van der Waals surface area (Å²) in [5, 5.41) is 9.47. The number of hydrogen-bond donors (Lipinski definition) is 1. The Morgan fingerprint density at radius 1 is 1.00 bits per heavy atom. The number of nitrogens with zero attached hydrogens (tertiary/aromatic N) is 1. The molecule has 2 aromatic rings. The minimum absolute atomic E-state index is 0.0610. The first-order chi connectivity index (χ1) is 12.1. The Morgan fingerprint density at radius 3 is 2.44 bits per heavy atom. The fraction of sp³-hybridized carbons (Fsp3) is 0.300. The zero-order valence-electron chi connectivity index (χ0n) is 13.7. The maximum absolute atomic E-state index is 13.0. The number of aliphatic carboxylic acids is 1. The van der Waals surface area contributed by atoms with Crippen molar-refractivity contribution < 1.29 is 14.7 Å². The van der Waals surface area contributed by atoms with Gasteiger partial charge >= 0.3 is 5.97 Å². The molecule has 1 fully saturated rings. The molecule has 2 aliphatic rings. The molecule has 3 atom stereocenters. The van der Waals surface area contributed by atoms with Crippen molar-refractivity contribution >= 4 is 23.6 Å². The lowest BCUT2D eigenvalue weighted by atomic mass is 9.89. The number of fused-ring (bicyclic) bond motifs is 1. The molecule has 1 amide bonds. The maximum atomic E-state index is 13.0. The molecule has 1 saturated heterocycles. The summed E-state index contributed by atoms with van der Waals surface area (Å²) >= 11 is 1.60. The van der Waals surface area contributed by atoms with Crippen LogP contribution in [0.4, 0.5) is 0 Å². The summed E-state index contributed by atoms with van der Waals surface area (Å²) in [6.45, 7) is 0.772. The Balaban J connectivity index is 1.52. The largest absolute Gasteiger partial charge is 0.481 e. The summed E-state index contributed by atoms with van der Waals surface area (Å²) in [5.74, 6) is -1.45. The van der Waals surface area contributed by atoms with Gasteiger partial charge in [-0.3, -0.25) is 9.59 Å². The van der Waals surface area contributed by atoms with Crippen molar-refractivity contribution in [2.75, 3.05) is 13.1 Å². The predicted molar refractivity (Wildman–Crippen MR) is 96.7 cm³/mol. The predicted octanol–water partition coefficient (Wildman–Crippen LogP) is 3.03. The third-order valence-corrected chi connectivity index (χ3v) is 6.40. The van der Waals surface area contributed by atoms with Crippen LogP contribution in [-0.4, -0.2) is 40.2 Å². The molecular weight excluding hydrogens is 334 g/mol. The Hall–Kier alpha value is -2.27. The third kappa shape index (κ3) is 3.04. The first-order valence-corrected chi connectivity index (χ1v) is 9.32. The molecular formula is C20H19NO3S. The van der Waals surface area contributed by atoms with Crippen LogP contribution in [0.2, 0.25) is 0 Å². The Labute approximate surface area is 150 Å². The molecule has 2 heterocycles. The van der Waals surface area contributed by atoms with Gasteiger partial charge in [0, 0.05) is 23.9 Å². The highest BCUT2D eigenvalue weighted by molar-refractivity contribution is 8.01. The van der Waals surface area contributed by atoms with E-state index in [-0.39, 0.29) is 17.1 Å². The second-order valence-electron chi connectivity index (χ2n) is 6.62. The fourth-order valence-electron chi connectivity index (χ4n) is 3.80. The van der Waals surface area contributed by atoms with Gasteiger partial charge < -0.3 is 10.0 Å². The zero-order valence-corrected chi connectivity index (χ0v) is 14.5. The van der Waals surface area contributed by atoms with Gasteiger partial charge in [-0.05, 0) is 23.6 Å². The van der Waals surface area contributed by atoms with E-state index in [0.29, 0.717) is 13.1 Å². The number of carbonyl (C=O) groups excluding carboxylic acids is 1. The van der Waals surface area contributed by atoms with Crippen molar-refractivity contribution in [3.05, 3.63) is 65.7 Å². The van der Waals surface area contributed by atoms with Crippen molar-refractivity contribution in [1.29, 1.82) is 0 Å². The van der Waals surface area contributed by atoms with Crippen LogP contribution in [0.5, 0.6) is 0 Å². The average molecular weight is 353 g/mol. The van der Waals surface area contributed by atoms with E-state index in [2.05, 4.69) is 6.07 Å². The molecule has 4 nitrogen and oxygen atoms in total. The van der Waals surface area contributed by atoms with Crippen molar-refractivity contribution in [3.63, 3.8) is 0 Å². The molecule has 1 N–H and O–H groups in total. The molecule has 5 heteroatoms. The van der Waals surface area contributed by atoms with Crippen LogP contribution in [0.25, 0.3) is 0 Å². The van der Waals surface area contributed by atoms with Crippen LogP contribution in [0.3, 0.4) is 0 Å². The van der Waals surface area contributed by atoms with E-state index in [0.717, 1.165) is 16.9 Å². The van der Waals surface area contributed by atoms with Gasteiger partial charge in [-0.2, -0.15) is 0 Å². The van der Waals surface area contributed by atoms with E-state index in [1.807, 2.05) is 48.5 Å². The summed E-state index contributed by atoms with van der Waals surface area (Å²) in [7, 11) is 0. The van der Waals surface area contributed by atoms with Crippen LogP contribution < -0.4 is 0 Å². The second kappa shape index (κ2) is 6.56. The van der Waals surface area contributed by atoms with Gasteiger partial charge in [-0.25, -0.2) is 0 Å². The Morgan fingerprint density at radius 2 is 1.72 bits per heavy atom. The molecule has 0 bridgehead atoms. The number of likely N-dealkylation sites (tertiary alicyclic amines) is 1. The van der Waals surface area contributed by atoms with Gasteiger partial charge in [0.25, 0.3) is 0 Å². The maximum Gasteiger partial charge on any atom is 0.308 e. The van der Waals surface area contributed by atoms with E-state index >= 15 is 0 Å². The van der Waals surface area contributed by atoms with Gasteiger partial charge in [0.2, 0.25) is 5.91 Å². The molecule has 2 aromatic carbocycles. The minimum Gasteiger partial charge on any atom is -0.481 e. The molecule has 0 aromatic heterocycles. The Kier molecular flexibility index (Phi) is 4.25. The van der Waals surface area contributed by atoms with Crippen molar-refractivity contribution in [2.24, 2.45) is 5.92 Å². The van der Waals surface area contributed by atoms with Gasteiger partial charge in [0.1, 0.15) is 0 Å². The van der Waals surface area contributed by atoms with E-state index in [9.17, 15) is 14.7 Å². The Bertz CT molecular complexity index is 783. The van der Waals surface area contributed by atoms with Gasteiger partial charge in [-0.15, -0.1) is 11.8 Å². The molecule has 0 spiro atoms. The molecule has 3 unspecified atom stereocenters. The smallest absolute Gasteiger partial charge is 0.308 e. The molecule has 2 aliphatic heterocycles. The lowest BCUT2D eigenvalue weighted by Gasteiger charge is -2.20. The molecule has 4 rings (SSSR count). The van der Waals surface area contributed by atoms with Crippen LogP contribution in [-0.2, 0) is 16.0 Å². The summed E-state index contributed by atoms with van der Waals surface area (Å²) < 4.78 is 0. The van der Waals surface area contributed by atoms with Gasteiger partial charge in [-0.1, -0.05) is 48.5 Å². The standard InChI is InChI=1S/C20H19NO3S/c22-19(18-10-14-8-4-5-9-17(14)25-18)21-11-15(16(12-21)20(23)24)13-6-2-1-3-7-13/h1-9,15-16,18H,10-12H2,(H,23,24). The van der Waals surface area contributed by atoms with E-state index in [1.54, 1.807) is 16.7 Å². The van der Waals surface area contributed by atoms with Crippen molar-refractivity contribution in [2.45, 2.75) is 22.5 Å². The fourth-order valence-corrected chi connectivity index (χ4v) is 5.07. The number of hydrogen-bond acceptors (Lipinski definition) is 3. The minimum atomic E-state index is -0.827. The highest BCUT2D eigenvalue weighted by atomic mass is 32.2. The SMILES string of the molecule is O=C(O)C1CN(C(=O)C2Cc3ccccc3S2)CC1c1ccccc1. The van der Waals surface area contributed by atoms with Crippen LogP contribution in [0, 0.1) is 5.92 Å². The van der Waals surface area contributed by atoms with Crippen LogP contribution in [0.15, 0.2) is 59.5 Å². The van der Waals surface area contributed by atoms with Gasteiger partial charge in [0.05, 0.1) is 11.2 Å². The highest BCUT2D eigenvalue weighted by Crippen LogP contribution is 2.40. The quantitative estimate of drug-likeness (QED) is 0.921. The summed E-state index contributed by atoms with van der Waals surface area (Å²) in [5.41, 5.74) is 2.20. The first-order valence-electron chi connectivity index (χ1n) is 8.44. The lowest BCUT2D eigenvalue weighted by molar-refractivity contribution is -0.141. The molecule has 0 aliphatic carbocycles. The van der Waals surface area contributed by atoms with E-state index < -0.39 is 11.9 Å². The highest BCUT2D eigenvalue weighted by Gasteiger charge is 2.42. The number of amides is 1. The first kappa shape index (κ1) is 16.2. The van der Waals surface area contributed by atoms with Gasteiger partial charge in [0.15, 0.2) is 0 Å². The molecule has 0 radical (unpaired) electrons. The zero-order chi connectivity index (χ0) is 17.4. The lowest BCUT2D eigenvalue weighted by Crippen LogP contribution is -2.36. The number of thioether (sulfide) groups is 1. The van der Waals surface area contributed by atoms with Crippen molar-refractivity contribution in [1.82, 2.24) is 4.90 Å². The second-order valence-corrected chi connectivity index (χ2v) is 7.87. The number of carboxylic acid groups (broad SMARTS) is 1. The summed E-state index contributed by atoms with van der Waals surface area (Å²) in [4.78, 5) is 27.6. The number of rotatable bonds is 3. The number of benzene rings is 2. The molecule has 0 saturated carbocycles. The monoisotopic (exact) mass is 353 g/mol. The summed E-state index contributed by atoms with van der Waals surface area (Å²) in [6.07, 6.45) is 0.726. The normalized spacial score (nSPS) is 25.0. The van der Waals surface area contributed by atoms with E-state index in [4.69, 9.17) is 0 Å². The third-order valence-electron chi connectivity index (χ3n) is 5.10. The summed E-state index contributed by atoms with van der Waals surface area (Å²) in [6, 6.07) is 17.8. The van der Waals surface area contributed by atoms with Crippen molar-refractivity contribution in [3.8, 4) is 0 Å². The van der Waals surface area contributed by atoms with Crippen LogP contribution >= 0.6 is 11.8 Å². The van der Waals surface area contributed by atoms with Crippen LogP contribution in [0.1, 0.15) is 17.0 Å². The average Bonchev–Trinajstić information content (AvgIpc) is 3.26. The molecule has 128 valence electrons. The van der Waals surface area contributed by atoms with E-state index in [1.165, 1.54) is 5.56 Å². The number of carbonyl (C=O) groups is 2. The molecule has 25 heavy (non-hydrogen) atoms. The topological polar surface area (TPSA) is 57.6 Å². The number of carboxylic acids is 1.